The standard InChI is InChI=1S/C23H28N4O2/c1-16-5-6-17(2)22(12-16)27-15-26-20-13-18(7-8-21(20)27)23(28)25-9-3-4-19-14-24-10-11-29-19/h5-8,12-13,15,19,24H,3-4,9-11,14H2,1-2H3,(H,25,28). The van der Waals surface area contributed by atoms with Crippen molar-refractivity contribution < 1.29 is 9.53 Å². The molecular formula is C23H28N4O2. The van der Waals surface area contributed by atoms with Gasteiger partial charge in [-0.25, -0.2) is 4.98 Å². The molecule has 1 aliphatic heterocycles. The molecule has 1 aliphatic rings. The summed E-state index contributed by atoms with van der Waals surface area (Å²) in [6.07, 6.45) is 3.94. The van der Waals surface area contributed by atoms with Gasteiger partial charge in [0.05, 0.1) is 29.4 Å². The van der Waals surface area contributed by atoms with Crippen LogP contribution in [-0.4, -0.2) is 47.8 Å². The molecule has 1 atom stereocenters. The number of aromatic nitrogens is 2. The second-order valence-corrected chi connectivity index (χ2v) is 7.70. The van der Waals surface area contributed by atoms with E-state index in [4.69, 9.17) is 4.74 Å². The summed E-state index contributed by atoms with van der Waals surface area (Å²) >= 11 is 0. The molecule has 2 aromatic carbocycles. The monoisotopic (exact) mass is 392 g/mol. The van der Waals surface area contributed by atoms with Gasteiger partial charge in [-0.2, -0.15) is 0 Å². The number of hydrogen-bond acceptors (Lipinski definition) is 4. The Kier molecular flexibility index (Phi) is 5.92. The number of morpholine rings is 1. The van der Waals surface area contributed by atoms with Crippen LogP contribution in [0.3, 0.4) is 0 Å². The molecule has 0 radical (unpaired) electrons. The van der Waals surface area contributed by atoms with Gasteiger partial charge in [0.2, 0.25) is 0 Å². The Hall–Kier alpha value is -2.70. The van der Waals surface area contributed by atoms with Crippen LogP contribution in [0.25, 0.3) is 16.7 Å². The van der Waals surface area contributed by atoms with Crippen LogP contribution in [0, 0.1) is 13.8 Å². The van der Waals surface area contributed by atoms with Crippen LogP contribution in [0.15, 0.2) is 42.7 Å². The number of carbonyl (C=O) groups excluding carboxylic acids is 1. The van der Waals surface area contributed by atoms with Crippen molar-refractivity contribution in [2.45, 2.75) is 32.8 Å². The smallest absolute Gasteiger partial charge is 0.251 e. The number of aryl methyl sites for hydroxylation is 2. The number of hydrogen-bond donors (Lipinski definition) is 2. The molecule has 2 heterocycles. The van der Waals surface area contributed by atoms with E-state index in [9.17, 15) is 4.79 Å². The van der Waals surface area contributed by atoms with Crippen LogP contribution in [0.1, 0.15) is 34.3 Å². The number of fused-ring (bicyclic) bond motifs is 1. The number of rotatable bonds is 6. The second kappa shape index (κ2) is 8.76. The van der Waals surface area contributed by atoms with Gasteiger partial charge in [-0.1, -0.05) is 12.1 Å². The number of nitrogens with zero attached hydrogens (tertiary/aromatic N) is 2. The maximum absolute atomic E-state index is 12.5. The van der Waals surface area contributed by atoms with Crippen molar-refractivity contribution in [1.29, 1.82) is 0 Å². The van der Waals surface area contributed by atoms with E-state index in [0.29, 0.717) is 12.1 Å². The first-order valence-electron chi connectivity index (χ1n) is 10.3. The Balaban J connectivity index is 1.41. The fourth-order valence-electron chi connectivity index (χ4n) is 3.76. The summed E-state index contributed by atoms with van der Waals surface area (Å²) in [4.78, 5) is 17.1. The number of carbonyl (C=O) groups is 1. The van der Waals surface area contributed by atoms with Crippen molar-refractivity contribution in [3.63, 3.8) is 0 Å². The fraction of sp³-hybridized carbons (Fsp3) is 0.391. The summed E-state index contributed by atoms with van der Waals surface area (Å²) in [5.41, 5.74) is 5.97. The predicted octanol–water partition coefficient (Wildman–Crippen LogP) is 3.14. The average Bonchev–Trinajstić information content (AvgIpc) is 3.16. The minimum absolute atomic E-state index is 0.0594. The van der Waals surface area contributed by atoms with Gasteiger partial charge in [-0.05, 0) is 62.1 Å². The highest BCUT2D eigenvalue weighted by Gasteiger charge is 2.14. The zero-order valence-electron chi connectivity index (χ0n) is 17.1. The number of amides is 1. The highest BCUT2D eigenvalue weighted by molar-refractivity contribution is 5.97. The molecule has 3 aromatic rings. The SMILES string of the molecule is Cc1ccc(C)c(-n2cnc3cc(C(=O)NCCCC4CNCCO4)ccc32)c1. The first-order chi connectivity index (χ1) is 14.1. The molecule has 1 unspecified atom stereocenters. The minimum atomic E-state index is -0.0594. The summed E-state index contributed by atoms with van der Waals surface area (Å²) in [6, 6.07) is 12.1. The van der Waals surface area contributed by atoms with Crippen LogP contribution >= 0.6 is 0 Å². The Morgan fingerprint density at radius 1 is 1.28 bits per heavy atom. The van der Waals surface area contributed by atoms with Gasteiger partial charge in [0.1, 0.15) is 6.33 Å². The highest BCUT2D eigenvalue weighted by Crippen LogP contribution is 2.23. The molecule has 6 nitrogen and oxygen atoms in total. The molecule has 0 aliphatic carbocycles. The first-order valence-corrected chi connectivity index (χ1v) is 10.3. The molecule has 1 saturated heterocycles. The molecule has 1 fully saturated rings. The lowest BCUT2D eigenvalue weighted by molar-refractivity contribution is 0.0225. The Morgan fingerprint density at radius 2 is 2.17 bits per heavy atom. The second-order valence-electron chi connectivity index (χ2n) is 7.70. The minimum Gasteiger partial charge on any atom is -0.376 e. The predicted molar refractivity (Wildman–Crippen MR) is 115 cm³/mol. The topological polar surface area (TPSA) is 68.2 Å². The van der Waals surface area contributed by atoms with E-state index in [1.165, 1.54) is 11.1 Å². The molecule has 1 aromatic heterocycles. The third-order valence-electron chi connectivity index (χ3n) is 5.43. The molecule has 1 amide bonds. The quantitative estimate of drug-likeness (QED) is 0.633. The molecule has 29 heavy (non-hydrogen) atoms. The summed E-state index contributed by atoms with van der Waals surface area (Å²) in [5.74, 6) is -0.0594. The molecule has 6 heteroatoms. The van der Waals surface area contributed by atoms with Crippen LogP contribution in [-0.2, 0) is 4.74 Å². The van der Waals surface area contributed by atoms with Gasteiger partial charge >= 0.3 is 0 Å². The number of benzene rings is 2. The Labute approximate surface area is 171 Å². The van der Waals surface area contributed by atoms with E-state index in [0.717, 1.165) is 49.3 Å². The molecule has 2 N–H and O–H groups in total. The van der Waals surface area contributed by atoms with Crippen LogP contribution in [0.2, 0.25) is 0 Å². The fourth-order valence-corrected chi connectivity index (χ4v) is 3.76. The molecule has 0 saturated carbocycles. The van der Waals surface area contributed by atoms with Gasteiger partial charge in [-0.15, -0.1) is 0 Å². The Morgan fingerprint density at radius 3 is 3.00 bits per heavy atom. The lowest BCUT2D eigenvalue weighted by Gasteiger charge is -2.23. The van der Waals surface area contributed by atoms with Crippen LogP contribution in [0.5, 0.6) is 0 Å². The summed E-state index contributed by atoms with van der Waals surface area (Å²) in [6.45, 7) is 7.42. The number of nitrogens with one attached hydrogen (secondary N) is 2. The molecule has 0 spiro atoms. The van der Waals surface area contributed by atoms with Gasteiger partial charge < -0.3 is 15.4 Å². The maximum Gasteiger partial charge on any atom is 0.251 e. The summed E-state index contributed by atoms with van der Waals surface area (Å²) < 4.78 is 7.77. The Bertz CT molecular complexity index is 1010. The van der Waals surface area contributed by atoms with E-state index >= 15 is 0 Å². The van der Waals surface area contributed by atoms with Crippen LogP contribution in [0.4, 0.5) is 0 Å². The van der Waals surface area contributed by atoms with Crippen molar-refractivity contribution >= 4 is 16.9 Å². The molecule has 4 rings (SSSR count). The van der Waals surface area contributed by atoms with Crippen molar-refractivity contribution in [1.82, 2.24) is 20.2 Å². The van der Waals surface area contributed by atoms with Gasteiger partial charge in [0.25, 0.3) is 5.91 Å². The van der Waals surface area contributed by atoms with E-state index in [1.54, 1.807) is 0 Å². The van der Waals surface area contributed by atoms with E-state index < -0.39 is 0 Å². The average molecular weight is 393 g/mol. The maximum atomic E-state index is 12.5. The highest BCUT2D eigenvalue weighted by atomic mass is 16.5. The normalized spacial score (nSPS) is 16.8. The van der Waals surface area contributed by atoms with E-state index in [2.05, 4.69) is 52.2 Å². The third-order valence-corrected chi connectivity index (χ3v) is 5.43. The van der Waals surface area contributed by atoms with E-state index in [1.807, 2.05) is 24.5 Å². The van der Waals surface area contributed by atoms with E-state index in [-0.39, 0.29) is 12.0 Å². The third kappa shape index (κ3) is 4.49. The van der Waals surface area contributed by atoms with Gasteiger partial charge in [0.15, 0.2) is 0 Å². The molecule has 152 valence electrons. The largest absolute Gasteiger partial charge is 0.376 e. The van der Waals surface area contributed by atoms with Crippen molar-refractivity contribution in [3.8, 4) is 5.69 Å². The van der Waals surface area contributed by atoms with Crippen LogP contribution < -0.4 is 10.6 Å². The van der Waals surface area contributed by atoms with Gasteiger partial charge in [-0.3, -0.25) is 9.36 Å². The number of imidazole rings is 1. The lowest BCUT2D eigenvalue weighted by Crippen LogP contribution is -2.38. The molecule has 0 bridgehead atoms. The first kappa shape index (κ1) is 19.6. The van der Waals surface area contributed by atoms with Crippen molar-refractivity contribution in [3.05, 3.63) is 59.4 Å². The van der Waals surface area contributed by atoms with Crippen molar-refractivity contribution in [2.75, 3.05) is 26.2 Å². The van der Waals surface area contributed by atoms with Gasteiger partial charge in [0, 0.05) is 25.2 Å². The zero-order chi connectivity index (χ0) is 20.2. The van der Waals surface area contributed by atoms with Crippen molar-refractivity contribution in [2.24, 2.45) is 0 Å². The zero-order valence-corrected chi connectivity index (χ0v) is 17.1. The summed E-state index contributed by atoms with van der Waals surface area (Å²) in [5, 5.41) is 6.34. The summed E-state index contributed by atoms with van der Waals surface area (Å²) in [7, 11) is 0. The lowest BCUT2D eigenvalue weighted by atomic mass is 10.1. The number of ether oxygens (including phenoxy) is 1. The molecular weight excluding hydrogens is 364 g/mol.